The average molecular weight is 330 g/mol. The van der Waals surface area contributed by atoms with Gasteiger partial charge in [0.1, 0.15) is 13.1 Å². The highest BCUT2D eigenvalue weighted by atomic mass is 35.5. The fraction of sp³-hybridized carbons (Fsp3) is 0.385. The quantitative estimate of drug-likeness (QED) is 0.448. The van der Waals surface area contributed by atoms with Crippen molar-refractivity contribution in [2.24, 2.45) is 0 Å². The number of anilines is 1. The van der Waals surface area contributed by atoms with E-state index in [0.29, 0.717) is 29.9 Å². The molecule has 0 aromatic heterocycles. The third kappa shape index (κ3) is 5.84. The number of rotatable bonds is 3. The van der Waals surface area contributed by atoms with Gasteiger partial charge in [-0.1, -0.05) is 11.6 Å². The van der Waals surface area contributed by atoms with Crippen LogP contribution < -0.4 is 21.1 Å². The van der Waals surface area contributed by atoms with E-state index in [1.165, 1.54) is 4.90 Å². The molecule has 1 aliphatic heterocycles. The van der Waals surface area contributed by atoms with E-state index in [4.69, 9.17) is 28.6 Å². The minimum atomic E-state index is -0.104. The summed E-state index contributed by atoms with van der Waals surface area (Å²) < 4.78 is 5.25. The molecule has 2 rings (SSSR count). The molecule has 0 atom stereocenters. The van der Waals surface area contributed by atoms with E-state index in [9.17, 15) is 4.79 Å². The highest BCUT2D eigenvalue weighted by Crippen LogP contribution is 2.12. The molecule has 1 aromatic carbocycles. The second-order valence-corrected chi connectivity index (χ2v) is 5.52. The van der Waals surface area contributed by atoms with Crippen molar-refractivity contribution in [2.45, 2.75) is 0 Å². The summed E-state index contributed by atoms with van der Waals surface area (Å²) in [6.45, 7) is 3.50. The Hall–Kier alpha value is -1.41. The number of hydrogen-bond donors (Lipinski definition) is 4. The lowest BCUT2D eigenvalue weighted by Gasteiger charge is -2.23. The largest absolute Gasteiger partial charge is 0.370 e. The van der Waals surface area contributed by atoms with Gasteiger partial charge in [0.05, 0.1) is 13.2 Å². The molecular formula is C13H18ClN4O2S+. The van der Waals surface area contributed by atoms with E-state index in [0.717, 1.165) is 18.8 Å². The highest BCUT2D eigenvalue weighted by molar-refractivity contribution is 7.80. The fourth-order valence-electron chi connectivity index (χ4n) is 1.93. The molecule has 1 saturated heterocycles. The number of nitrogens with one attached hydrogen (secondary N) is 4. The number of benzene rings is 1. The maximum absolute atomic E-state index is 11.8. The van der Waals surface area contributed by atoms with E-state index >= 15 is 0 Å². The Morgan fingerprint density at radius 2 is 1.90 bits per heavy atom. The second kappa shape index (κ2) is 8.14. The molecule has 1 fully saturated rings. The Bertz CT molecular complexity index is 491. The zero-order valence-corrected chi connectivity index (χ0v) is 13.0. The number of carbonyl (C=O) groups excluding carboxylic acids is 1. The summed E-state index contributed by atoms with van der Waals surface area (Å²) in [6, 6.07) is 7.12. The van der Waals surface area contributed by atoms with E-state index < -0.39 is 0 Å². The van der Waals surface area contributed by atoms with E-state index in [2.05, 4.69) is 16.2 Å². The molecule has 0 aliphatic carbocycles. The molecule has 1 amide bonds. The van der Waals surface area contributed by atoms with E-state index in [1.807, 2.05) is 0 Å². The smallest absolute Gasteiger partial charge is 0.293 e. The predicted molar refractivity (Wildman–Crippen MR) is 85.3 cm³/mol. The SMILES string of the molecule is O=C(C[NH+]1CCOCC1)NNC(=S)Nc1ccc(Cl)cc1. The molecule has 21 heavy (non-hydrogen) atoms. The zero-order chi connectivity index (χ0) is 15.1. The fourth-order valence-corrected chi connectivity index (χ4v) is 2.23. The van der Waals surface area contributed by atoms with Crippen molar-refractivity contribution in [3.63, 3.8) is 0 Å². The molecule has 1 heterocycles. The molecule has 8 heteroatoms. The minimum absolute atomic E-state index is 0.104. The molecular weight excluding hydrogens is 312 g/mol. The van der Waals surface area contributed by atoms with Crippen molar-refractivity contribution in [2.75, 3.05) is 38.2 Å². The van der Waals surface area contributed by atoms with Crippen LogP contribution in [0.1, 0.15) is 0 Å². The van der Waals surface area contributed by atoms with Crippen LogP contribution in [0.4, 0.5) is 5.69 Å². The molecule has 1 aromatic rings. The topological polar surface area (TPSA) is 66.8 Å². The van der Waals surface area contributed by atoms with Crippen molar-refractivity contribution in [1.29, 1.82) is 0 Å². The standard InChI is InChI=1S/C13H17ClN4O2S/c14-10-1-3-11(4-2-10)15-13(21)17-16-12(19)9-18-5-7-20-8-6-18/h1-4H,5-9H2,(H,16,19)(H2,15,17,21)/p+1. The van der Waals surface area contributed by atoms with Gasteiger partial charge >= 0.3 is 0 Å². The maximum atomic E-state index is 11.8. The van der Waals surface area contributed by atoms with Crippen LogP contribution in [0.3, 0.4) is 0 Å². The van der Waals surface area contributed by atoms with E-state index in [-0.39, 0.29) is 5.91 Å². The van der Waals surface area contributed by atoms with Gasteiger partial charge in [-0.15, -0.1) is 0 Å². The summed E-state index contributed by atoms with van der Waals surface area (Å²) >= 11 is 10.9. The molecule has 6 nitrogen and oxygen atoms in total. The van der Waals surface area contributed by atoms with Gasteiger partial charge in [-0.25, -0.2) is 0 Å². The minimum Gasteiger partial charge on any atom is -0.370 e. The molecule has 0 saturated carbocycles. The number of halogens is 1. The molecule has 0 unspecified atom stereocenters. The molecule has 0 spiro atoms. The third-order valence-electron chi connectivity index (χ3n) is 3.03. The normalized spacial score (nSPS) is 15.3. The first-order chi connectivity index (χ1) is 10.1. The number of carbonyl (C=O) groups is 1. The van der Waals surface area contributed by atoms with Gasteiger partial charge < -0.3 is 15.0 Å². The summed E-state index contributed by atoms with van der Waals surface area (Å²) in [5, 5.41) is 3.92. The van der Waals surface area contributed by atoms with Crippen LogP contribution in [0.15, 0.2) is 24.3 Å². The van der Waals surface area contributed by atoms with Gasteiger partial charge in [0, 0.05) is 10.7 Å². The number of amides is 1. The van der Waals surface area contributed by atoms with Crippen LogP contribution in [-0.2, 0) is 9.53 Å². The van der Waals surface area contributed by atoms with Gasteiger partial charge in [-0.3, -0.25) is 15.6 Å². The van der Waals surface area contributed by atoms with Gasteiger partial charge in [-0.2, -0.15) is 0 Å². The number of ether oxygens (including phenoxy) is 1. The van der Waals surface area contributed by atoms with Crippen LogP contribution in [0.25, 0.3) is 0 Å². The van der Waals surface area contributed by atoms with Crippen molar-refractivity contribution >= 4 is 40.5 Å². The number of morpholine rings is 1. The van der Waals surface area contributed by atoms with Gasteiger partial charge in [0.15, 0.2) is 11.7 Å². The van der Waals surface area contributed by atoms with Gasteiger partial charge in [0.2, 0.25) is 0 Å². The van der Waals surface area contributed by atoms with Crippen molar-refractivity contribution < 1.29 is 14.4 Å². The van der Waals surface area contributed by atoms with Gasteiger partial charge in [0.25, 0.3) is 5.91 Å². The molecule has 1 aliphatic rings. The lowest BCUT2D eigenvalue weighted by atomic mass is 10.3. The Kier molecular flexibility index (Phi) is 6.19. The molecule has 0 bridgehead atoms. The van der Waals surface area contributed by atoms with Crippen molar-refractivity contribution in [3.8, 4) is 0 Å². The highest BCUT2D eigenvalue weighted by Gasteiger charge is 2.17. The second-order valence-electron chi connectivity index (χ2n) is 4.67. The van der Waals surface area contributed by atoms with Crippen LogP contribution in [-0.4, -0.2) is 43.9 Å². The van der Waals surface area contributed by atoms with Crippen molar-refractivity contribution in [1.82, 2.24) is 10.9 Å². The summed E-state index contributed by atoms with van der Waals surface area (Å²) in [5.41, 5.74) is 6.06. The lowest BCUT2D eigenvalue weighted by Crippen LogP contribution is -3.15. The molecule has 0 radical (unpaired) electrons. The van der Waals surface area contributed by atoms with E-state index in [1.54, 1.807) is 24.3 Å². The van der Waals surface area contributed by atoms with Crippen LogP contribution in [0.5, 0.6) is 0 Å². The Morgan fingerprint density at radius 1 is 1.24 bits per heavy atom. The van der Waals surface area contributed by atoms with Crippen LogP contribution >= 0.6 is 23.8 Å². The lowest BCUT2D eigenvalue weighted by molar-refractivity contribution is -0.900. The first kappa shape index (κ1) is 16.0. The Labute approximate surface area is 133 Å². The monoisotopic (exact) mass is 329 g/mol. The summed E-state index contributed by atoms with van der Waals surface area (Å²) in [7, 11) is 0. The Morgan fingerprint density at radius 3 is 2.57 bits per heavy atom. The molecule has 114 valence electrons. The Balaban J connectivity index is 1.68. The predicted octanol–water partition coefficient (Wildman–Crippen LogP) is -0.427. The van der Waals surface area contributed by atoms with Gasteiger partial charge in [-0.05, 0) is 36.5 Å². The first-order valence-electron chi connectivity index (χ1n) is 6.66. The number of hydrogen-bond acceptors (Lipinski definition) is 3. The summed E-state index contributed by atoms with van der Waals surface area (Å²) in [5.74, 6) is -0.104. The number of hydrazine groups is 1. The first-order valence-corrected chi connectivity index (χ1v) is 7.45. The number of thiocarbonyl (C=S) groups is 1. The molecule has 4 N–H and O–H groups in total. The maximum Gasteiger partial charge on any atom is 0.293 e. The summed E-state index contributed by atoms with van der Waals surface area (Å²) in [4.78, 5) is 13.0. The van der Waals surface area contributed by atoms with Crippen LogP contribution in [0.2, 0.25) is 5.02 Å². The number of quaternary nitrogens is 1. The third-order valence-corrected chi connectivity index (χ3v) is 3.48. The van der Waals surface area contributed by atoms with Crippen LogP contribution in [0, 0.1) is 0 Å². The summed E-state index contributed by atoms with van der Waals surface area (Å²) in [6.07, 6.45) is 0. The zero-order valence-electron chi connectivity index (χ0n) is 11.4. The average Bonchev–Trinajstić information content (AvgIpc) is 2.49. The van der Waals surface area contributed by atoms with Crippen molar-refractivity contribution in [3.05, 3.63) is 29.3 Å².